The predicted molar refractivity (Wildman–Crippen MR) is 83.0 cm³/mol. The average Bonchev–Trinajstić information content (AvgIpc) is 2.45. The summed E-state index contributed by atoms with van der Waals surface area (Å²) in [5.41, 5.74) is 0.0811. The zero-order valence-electron chi connectivity index (χ0n) is 12.1. The number of sulfonamides is 1. The van der Waals surface area contributed by atoms with Crippen molar-refractivity contribution in [2.24, 2.45) is 0 Å². The average molecular weight is 329 g/mol. The van der Waals surface area contributed by atoms with E-state index in [-0.39, 0.29) is 11.4 Å². The van der Waals surface area contributed by atoms with Crippen LogP contribution < -0.4 is 4.72 Å². The summed E-state index contributed by atoms with van der Waals surface area (Å²) >= 11 is 5.81. The lowest BCUT2D eigenvalue weighted by atomic mass is 10.1. The molecule has 0 saturated heterocycles. The molecule has 0 fully saturated rings. The standard InChI is InChI=1S/C14H17ClN2O3S/c1-14(2,20-3)9-16-21(18,19)11-5-6-12-10(8-11)4-7-13(15)17-12/h4-8,16H,9H2,1-3H3. The number of benzene rings is 1. The summed E-state index contributed by atoms with van der Waals surface area (Å²) in [4.78, 5) is 4.31. The van der Waals surface area contributed by atoms with Crippen LogP contribution in [-0.4, -0.2) is 32.7 Å². The Morgan fingerprint density at radius 2 is 2.00 bits per heavy atom. The highest BCUT2D eigenvalue weighted by Crippen LogP contribution is 2.20. The smallest absolute Gasteiger partial charge is 0.240 e. The van der Waals surface area contributed by atoms with Crippen LogP contribution in [0.3, 0.4) is 0 Å². The number of fused-ring (bicyclic) bond motifs is 1. The van der Waals surface area contributed by atoms with E-state index in [1.54, 1.807) is 31.4 Å². The molecule has 2 rings (SSSR count). The van der Waals surface area contributed by atoms with Crippen LogP contribution in [0.5, 0.6) is 0 Å². The molecule has 114 valence electrons. The van der Waals surface area contributed by atoms with Crippen molar-refractivity contribution in [1.29, 1.82) is 0 Å². The van der Waals surface area contributed by atoms with E-state index in [1.807, 2.05) is 13.8 Å². The lowest BCUT2D eigenvalue weighted by Gasteiger charge is -2.23. The Bertz CT molecular complexity index is 760. The van der Waals surface area contributed by atoms with Crippen molar-refractivity contribution in [3.63, 3.8) is 0 Å². The van der Waals surface area contributed by atoms with Gasteiger partial charge in [-0.1, -0.05) is 11.6 Å². The Hall–Kier alpha value is -1.21. The molecule has 1 aromatic heterocycles. The molecule has 0 amide bonds. The zero-order valence-corrected chi connectivity index (χ0v) is 13.6. The highest BCUT2D eigenvalue weighted by atomic mass is 35.5. The highest BCUT2D eigenvalue weighted by Gasteiger charge is 2.21. The van der Waals surface area contributed by atoms with Crippen LogP contribution in [0.25, 0.3) is 10.9 Å². The van der Waals surface area contributed by atoms with Crippen molar-refractivity contribution in [1.82, 2.24) is 9.71 Å². The third-order valence-electron chi connectivity index (χ3n) is 3.18. The Balaban J connectivity index is 2.30. The van der Waals surface area contributed by atoms with Crippen LogP contribution in [0, 0.1) is 0 Å². The number of pyridine rings is 1. The van der Waals surface area contributed by atoms with Gasteiger partial charge in [0, 0.05) is 19.0 Å². The topological polar surface area (TPSA) is 68.3 Å². The number of hydrogen-bond acceptors (Lipinski definition) is 4. The van der Waals surface area contributed by atoms with Gasteiger partial charge in [0.1, 0.15) is 5.15 Å². The van der Waals surface area contributed by atoms with Gasteiger partial charge in [0.2, 0.25) is 10.0 Å². The van der Waals surface area contributed by atoms with E-state index in [0.29, 0.717) is 16.1 Å². The van der Waals surface area contributed by atoms with E-state index in [9.17, 15) is 8.42 Å². The maximum absolute atomic E-state index is 12.3. The van der Waals surface area contributed by atoms with Gasteiger partial charge in [-0.2, -0.15) is 0 Å². The molecule has 0 spiro atoms. The second kappa shape index (κ2) is 5.88. The number of halogens is 1. The first-order chi connectivity index (χ1) is 9.73. The molecule has 2 aromatic rings. The van der Waals surface area contributed by atoms with Crippen molar-refractivity contribution >= 4 is 32.5 Å². The van der Waals surface area contributed by atoms with Gasteiger partial charge in [-0.05, 0) is 44.2 Å². The Labute approximate surface area is 129 Å². The molecule has 1 aromatic carbocycles. The van der Waals surface area contributed by atoms with Gasteiger partial charge < -0.3 is 4.74 Å². The minimum atomic E-state index is -3.60. The summed E-state index contributed by atoms with van der Waals surface area (Å²) < 4.78 is 32.3. The van der Waals surface area contributed by atoms with Gasteiger partial charge in [0.05, 0.1) is 16.0 Å². The summed E-state index contributed by atoms with van der Waals surface area (Å²) in [6.45, 7) is 3.80. The number of ether oxygens (including phenoxy) is 1. The van der Waals surface area contributed by atoms with E-state index in [2.05, 4.69) is 9.71 Å². The zero-order chi connectivity index (χ0) is 15.7. The number of nitrogens with one attached hydrogen (secondary N) is 1. The fourth-order valence-corrected chi connectivity index (χ4v) is 3.06. The fraction of sp³-hybridized carbons (Fsp3) is 0.357. The van der Waals surface area contributed by atoms with Gasteiger partial charge in [0.15, 0.2) is 0 Å². The van der Waals surface area contributed by atoms with E-state index >= 15 is 0 Å². The SMILES string of the molecule is COC(C)(C)CNS(=O)(=O)c1ccc2nc(Cl)ccc2c1. The van der Waals surface area contributed by atoms with Crippen LogP contribution in [0.1, 0.15) is 13.8 Å². The molecule has 1 N–H and O–H groups in total. The largest absolute Gasteiger partial charge is 0.377 e. The van der Waals surface area contributed by atoms with Crippen LogP contribution in [-0.2, 0) is 14.8 Å². The molecule has 7 heteroatoms. The molecule has 0 aliphatic heterocycles. The van der Waals surface area contributed by atoms with Gasteiger partial charge in [0.25, 0.3) is 0 Å². The fourth-order valence-electron chi connectivity index (χ4n) is 1.67. The van der Waals surface area contributed by atoms with Gasteiger partial charge in [-0.15, -0.1) is 0 Å². The first kappa shape index (κ1) is 16.2. The molecule has 0 radical (unpaired) electrons. The maximum atomic E-state index is 12.3. The molecule has 0 saturated carbocycles. The predicted octanol–water partition coefficient (Wildman–Crippen LogP) is 2.59. The van der Waals surface area contributed by atoms with Crippen LogP contribution in [0.15, 0.2) is 35.2 Å². The number of aromatic nitrogens is 1. The molecule has 0 aliphatic carbocycles. The van der Waals surface area contributed by atoms with E-state index in [1.165, 1.54) is 6.07 Å². The molecule has 0 atom stereocenters. The van der Waals surface area contributed by atoms with Gasteiger partial charge in [-0.3, -0.25) is 0 Å². The highest BCUT2D eigenvalue weighted by molar-refractivity contribution is 7.89. The monoisotopic (exact) mass is 328 g/mol. The Morgan fingerprint density at radius 1 is 1.29 bits per heavy atom. The maximum Gasteiger partial charge on any atom is 0.240 e. The van der Waals surface area contributed by atoms with Gasteiger partial charge in [-0.25, -0.2) is 18.1 Å². The molecular formula is C14H17ClN2O3S. The third-order valence-corrected chi connectivity index (χ3v) is 4.79. The second-order valence-electron chi connectivity index (χ2n) is 5.28. The van der Waals surface area contributed by atoms with Crippen LogP contribution in [0.4, 0.5) is 0 Å². The quantitative estimate of drug-likeness (QED) is 0.857. The number of rotatable bonds is 5. The van der Waals surface area contributed by atoms with Crippen molar-refractivity contribution in [3.8, 4) is 0 Å². The first-order valence-electron chi connectivity index (χ1n) is 6.35. The molecule has 0 aliphatic rings. The summed E-state index contributed by atoms with van der Waals surface area (Å²) in [6, 6.07) is 8.08. The third kappa shape index (κ3) is 3.91. The summed E-state index contributed by atoms with van der Waals surface area (Å²) in [7, 11) is -2.05. The van der Waals surface area contributed by atoms with E-state index < -0.39 is 15.6 Å². The second-order valence-corrected chi connectivity index (χ2v) is 7.43. The van der Waals surface area contributed by atoms with Crippen LogP contribution in [0.2, 0.25) is 5.15 Å². The molecule has 0 unspecified atom stereocenters. The minimum Gasteiger partial charge on any atom is -0.377 e. The number of hydrogen-bond donors (Lipinski definition) is 1. The molecule has 5 nitrogen and oxygen atoms in total. The number of methoxy groups -OCH3 is 1. The van der Waals surface area contributed by atoms with Crippen molar-refractivity contribution in [2.75, 3.05) is 13.7 Å². The molecular weight excluding hydrogens is 312 g/mol. The van der Waals surface area contributed by atoms with Crippen LogP contribution >= 0.6 is 11.6 Å². The molecule has 21 heavy (non-hydrogen) atoms. The summed E-state index contributed by atoms with van der Waals surface area (Å²) in [6.07, 6.45) is 0. The Kier molecular flexibility index (Phi) is 4.53. The molecule has 1 heterocycles. The van der Waals surface area contributed by atoms with Crippen molar-refractivity contribution in [3.05, 3.63) is 35.5 Å². The van der Waals surface area contributed by atoms with E-state index in [0.717, 1.165) is 0 Å². The summed E-state index contributed by atoms with van der Waals surface area (Å²) in [5.74, 6) is 0. The Morgan fingerprint density at radius 3 is 2.67 bits per heavy atom. The van der Waals surface area contributed by atoms with Crippen molar-refractivity contribution < 1.29 is 13.2 Å². The summed E-state index contributed by atoms with van der Waals surface area (Å²) in [5, 5.41) is 1.09. The van der Waals surface area contributed by atoms with Gasteiger partial charge >= 0.3 is 0 Å². The minimum absolute atomic E-state index is 0.183. The number of nitrogens with zero attached hydrogens (tertiary/aromatic N) is 1. The first-order valence-corrected chi connectivity index (χ1v) is 8.21. The normalized spacial score (nSPS) is 12.8. The lowest BCUT2D eigenvalue weighted by molar-refractivity contribution is 0.0276. The molecule has 0 bridgehead atoms. The van der Waals surface area contributed by atoms with E-state index in [4.69, 9.17) is 16.3 Å². The van der Waals surface area contributed by atoms with Crippen molar-refractivity contribution in [2.45, 2.75) is 24.3 Å². The lowest BCUT2D eigenvalue weighted by Crippen LogP contribution is -2.39.